The highest BCUT2D eigenvalue weighted by Gasteiger charge is 2.26. The number of nitrogens with zero attached hydrogens (tertiary/aromatic N) is 1. The number of rotatable bonds is 5. The average molecular weight is 400 g/mol. The van der Waals surface area contributed by atoms with Gasteiger partial charge in [0.15, 0.2) is 0 Å². The van der Waals surface area contributed by atoms with Crippen LogP contribution in [0.5, 0.6) is 0 Å². The normalized spacial score (nSPS) is 15.6. The van der Waals surface area contributed by atoms with Gasteiger partial charge in [-0.05, 0) is 29.8 Å². The molecule has 0 saturated carbocycles. The van der Waals surface area contributed by atoms with Crippen LogP contribution in [0, 0.1) is 0 Å². The number of aromatic amines is 1. The van der Waals surface area contributed by atoms with Crippen molar-refractivity contribution in [3.8, 4) is 0 Å². The number of fused-ring (bicyclic) bond motifs is 1. The van der Waals surface area contributed by atoms with Gasteiger partial charge in [0.1, 0.15) is 12.3 Å². The minimum Gasteiger partial charge on any atom is -0.456 e. The SMILES string of the molecule is O=C(OCc1cccc(S(=O)(=O)N2CCOCC2)c1)c1cc2ccccc2[nH]1. The van der Waals surface area contributed by atoms with Gasteiger partial charge in [-0.3, -0.25) is 0 Å². The first kappa shape index (κ1) is 18.7. The molecule has 0 aliphatic carbocycles. The maximum Gasteiger partial charge on any atom is 0.355 e. The molecule has 3 aromatic rings. The summed E-state index contributed by atoms with van der Waals surface area (Å²) in [6.45, 7) is 1.44. The third-order valence-electron chi connectivity index (χ3n) is 4.63. The second kappa shape index (κ2) is 7.75. The predicted molar refractivity (Wildman–Crippen MR) is 103 cm³/mol. The highest BCUT2D eigenvalue weighted by molar-refractivity contribution is 7.89. The summed E-state index contributed by atoms with van der Waals surface area (Å²) in [4.78, 5) is 15.5. The fraction of sp³-hybridized carbons (Fsp3) is 0.250. The number of hydrogen-bond acceptors (Lipinski definition) is 5. The molecule has 2 aromatic carbocycles. The molecule has 0 atom stereocenters. The molecule has 1 N–H and O–H groups in total. The van der Waals surface area contributed by atoms with Crippen LogP contribution in [0.3, 0.4) is 0 Å². The molecule has 1 aliphatic rings. The Kier molecular flexibility index (Phi) is 5.17. The van der Waals surface area contributed by atoms with Gasteiger partial charge in [-0.15, -0.1) is 0 Å². The molecule has 1 aromatic heterocycles. The monoisotopic (exact) mass is 400 g/mol. The second-order valence-electron chi connectivity index (χ2n) is 6.51. The van der Waals surface area contributed by atoms with Crippen molar-refractivity contribution < 1.29 is 22.7 Å². The van der Waals surface area contributed by atoms with E-state index in [9.17, 15) is 13.2 Å². The Morgan fingerprint density at radius 2 is 1.86 bits per heavy atom. The van der Waals surface area contributed by atoms with Crippen LogP contribution in [-0.4, -0.2) is 50.0 Å². The van der Waals surface area contributed by atoms with E-state index in [2.05, 4.69) is 4.98 Å². The lowest BCUT2D eigenvalue weighted by molar-refractivity contribution is 0.0466. The van der Waals surface area contributed by atoms with Gasteiger partial charge in [0.2, 0.25) is 10.0 Å². The lowest BCUT2D eigenvalue weighted by Gasteiger charge is -2.26. The summed E-state index contributed by atoms with van der Waals surface area (Å²) < 4.78 is 37.5. The zero-order valence-corrected chi connectivity index (χ0v) is 15.9. The Morgan fingerprint density at radius 1 is 1.07 bits per heavy atom. The standard InChI is InChI=1S/C20H20N2O5S/c23-20(19-13-16-5-1-2-7-18(16)21-19)27-14-15-4-3-6-17(12-15)28(24,25)22-8-10-26-11-9-22/h1-7,12-13,21H,8-11,14H2. The van der Waals surface area contributed by atoms with Crippen molar-refractivity contribution in [3.63, 3.8) is 0 Å². The van der Waals surface area contributed by atoms with Crippen LogP contribution in [0.4, 0.5) is 0 Å². The number of sulfonamides is 1. The van der Waals surface area contributed by atoms with Crippen LogP contribution >= 0.6 is 0 Å². The first-order valence-electron chi connectivity index (χ1n) is 8.96. The zero-order valence-electron chi connectivity index (χ0n) is 15.1. The van der Waals surface area contributed by atoms with Crippen LogP contribution in [0.25, 0.3) is 10.9 Å². The van der Waals surface area contributed by atoms with Crippen LogP contribution in [0.2, 0.25) is 0 Å². The number of morpholine rings is 1. The minimum atomic E-state index is -3.59. The summed E-state index contributed by atoms with van der Waals surface area (Å²) in [5.74, 6) is -0.488. The number of para-hydroxylation sites is 1. The largest absolute Gasteiger partial charge is 0.456 e. The van der Waals surface area contributed by atoms with E-state index in [0.717, 1.165) is 10.9 Å². The first-order valence-corrected chi connectivity index (χ1v) is 10.4. The van der Waals surface area contributed by atoms with Gasteiger partial charge >= 0.3 is 5.97 Å². The van der Waals surface area contributed by atoms with Crippen molar-refractivity contribution in [1.82, 2.24) is 9.29 Å². The van der Waals surface area contributed by atoms with Crippen molar-refractivity contribution >= 4 is 26.9 Å². The van der Waals surface area contributed by atoms with Crippen molar-refractivity contribution in [1.29, 1.82) is 0 Å². The van der Waals surface area contributed by atoms with E-state index in [1.54, 1.807) is 30.3 Å². The summed E-state index contributed by atoms with van der Waals surface area (Å²) in [5, 5.41) is 0.924. The van der Waals surface area contributed by atoms with Crippen molar-refractivity contribution in [3.05, 3.63) is 65.9 Å². The number of H-pyrrole nitrogens is 1. The molecule has 0 unspecified atom stereocenters. The highest BCUT2D eigenvalue weighted by atomic mass is 32.2. The number of esters is 1. The van der Waals surface area contributed by atoms with Gasteiger partial charge in [-0.2, -0.15) is 4.31 Å². The lowest BCUT2D eigenvalue weighted by atomic mass is 10.2. The second-order valence-corrected chi connectivity index (χ2v) is 8.45. The molecule has 0 bridgehead atoms. The minimum absolute atomic E-state index is 0.0132. The summed E-state index contributed by atoms with van der Waals surface area (Å²) in [5.41, 5.74) is 1.82. The molecule has 0 spiro atoms. The Hall–Kier alpha value is -2.68. The van der Waals surface area contributed by atoms with E-state index in [0.29, 0.717) is 37.6 Å². The smallest absolute Gasteiger partial charge is 0.355 e. The lowest BCUT2D eigenvalue weighted by Crippen LogP contribution is -2.40. The molecular formula is C20H20N2O5S. The van der Waals surface area contributed by atoms with E-state index >= 15 is 0 Å². The number of ether oxygens (including phenoxy) is 2. The molecule has 0 amide bonds. The van der Waals surface area contributed by atoms with Crippen molar-refractivity contribution in [2.45, 2.75) is 11.5 Å². The first-order chi connectivity index (χ1) is 13.5. The Morgan fingerprint density at radius 3 is 2.64 bits per heavy atom. The van der Waals surface area contributed by atoms with Crippen LogP contribution < -0.4 is 0 Å². The van der Waals surface area contributed by atoms with Crippen molar-refractivity contribution in [2.75, 3.05) is 26.3 Å². The Labute approximate surface area is 162 Å². The number of carbonyl (C=O) groups is 1. The van der Waals surface area contributed by atoms with Crippen LogP contribution in [0.1, 0.15) is 16.1 Å². The number of aromatic nitrogens is 1. The number of carbonyl (C=O) groups excluding carboxylic acids is 1. The van der Waals surface area contributed by atoms with Gasteiger partial charge in [-0.25, -0.2) is 13.2 Å². The van der Waals surface area contributed by atoms with Crippen LogP contribution in [0.15, 0.2) is 59.5 Å². The van der Waals surface area contributed by atoms with E-state index in [-0.39, 0.29) is 11.5 Å². The highest BCUT2D eigenvalue weighted by Crippen LogP contribution is 2.20. The fourth-order valence-electron chi connectivity index (χ4n) is 3.14. The quantitative estimate of drug-likeness (QED) is 0.665. The van der Waals surface area contributed by atoms with Crippen molar-refractivity contribution in [2.24, 2.45) is 0 Å². The number of benzene rings is 2. The molecule has 0 radical (unpaired) electrons. The summed E-state index contributed by atoms with van der Waals surface area (Å²) in [7, 11) is -3.59. The van der Waals surface area contributed by atoms with Crippen LogP contribution in [-0.2, 0) is 26.1 Å². The molecule has 28 heavy (non-hydrogen) atoms. The van der Waals surface area contributed by atoms with E-state index in [1.165, 1.54) is 4.31 Å². The molecule has 2 heterocycles. The molecule has 1 aliphatic heterocycles. The maximum atomic E-state index is 12.8. The molecule has 1 fully saturated rings. The third kappa shape index (κ3) is 3.80. The molecule has 8 heteroatoms. The molecule has 4 rings (SSSR count). The van der Waals surface area contributed by atoms with Gasteiger partial charge in [0.05, 0.1) is 18.1 Å². The zero-order chi connectivity index (χ0) is 19.6. The number of nitrogens with one attached hydrogen (secondary N) is 1. The Balaban J connectivity index is 1.46. The maximum absolute atomic E-state index is 12.8. The predicted octanol–water partition coefficient (Wildman–Crippen LogP) is 2.55. The van der Waals surface area contributed by atoms with E-state index in [4.69, 9.17) is 9.47 Å². The van der Waals surface area contributed by atoms with Gasteiger partial charge < -0.3 is 14.5 Å². The van der Waals surface area contributed by atoms with Gasteiger partial charge in [0.25, 0.3) is 0 Å². The Bertz CT molecular complexity index is 1070. The van der Waals surface area contributed by atoms with E-state index in [1.807, 2.05) is 24.3 Å². The molecular weight excluding hydrogens is 380 g/mol. The summed E-state index contributed by atoms with van der Waals surface area (Å²) in [6, 6.07) is 15.8. The number of hydrogen-bond donors (Lipinski definition) is 1. The third-order valence-corrected chi connectivity index (χ3v) is 6.52. The fourth-order valence-corrected chi connectivity index (χ4v) is 4.62. The topological polar surface area (TPSA) is 88.7 Å². The van der Waals surface area contributed by atoms with Gasteiger partial charge in [0, 0.05) is 24.0 Å². The molecule has 146 valence electrons. The average Bonchev–Trinajstić information content (AvgIpc) is 3.17. The molecule has 1 saturated heterocycles. The summed E-state index contributed by atoms with van der Waals surface area (Å²) >= 11 is 0. The van der Waals surface area contributed by atoms with Gasteiger partial charge in [-0.1, -0.05) is 30.3 Å². The van der Waals surface area contributed by atoms with E-state index < -0.39 is 16.0 Å². The summed E-state index contributed by atoms with van der Waals surface area (Å²) in [6.07, 6.45) is 0. The molecule has 7 nitrogen and oxygen atoms in total.